The largest absolute Gasteiger partial charge is 0.463 e. The predicted octanol–water partition coefficient (Wildman–Crippen LogP) is 0.724. The van der Waals surface area contributed by atoms with E-state index in [9.17, 15) is 44.5 Å². The lowest BCUT2D eigenvalue weighted by atomic mass is 9.80. The first-order chi connectivity index (χ1) is 26.1. The molecule has 1 heterocycles. The molecule has 2 amide bonds. The van der Waals surface area contributed by atoms with Gasteiger partial charge in [-0.3, -0.25) is 14.4 Å². The van der Waals surface area contributed by atoms with Gasteiger partial charge in [0.25, 0.3) is 0 Å². The zero-order valence-corrected chi connectivity index (χ0v) is 30.7. The summed E-state index contributed by atoms with van der Waals surface area (Å²) in [5.41, 5.74) is 0.644. The molecule has 1 saturated heterocycles. The maximum Gasteiger partial charge on any atom is 0.410 e. The van der Waals surface area contributed by atoms with Gasteiger partial charge in [-0.15, -0.1) is 0 Å². The highest BCUT2D eigenvalue weighted by Gasteiger charge is 2.57. The minimum atomic E-state index is -1.99. The maximum absolute atomic E-state index is 13.4. The molecule has 0 bridgehead atoms. The monoisotopic (exact) mass is 775 g/mol. The van der Waals surface area contributed by atoms with Crippen LogP contribution in [0.3, 0.4) is 0 Å². The molecule has 0 aromatic heterocycles. The molecule has 19 nitrogen and oxygen atoms in total. The van der Waals surface area contributed by atoms with Gasteiger partial charge in [0.2, 0.25) is 6.29 Å². The average Bonchev–Trinajstić information content (AvgIpc) is 3.15. The molecule has 2 fully saturated rings. The predicted molar refractivity (Wildman–Crippen MR) is 185 cm³/mol. The van der Waals surface area contributed by atoms with Gasteiger partial charge < -0.3 is 63.5 Å². The van der Waals surface area contributed by atoms with Crippen LogP contribution in [0.2, 0.25) is 0 Å². The van der Waals surface area contributed by atoms with E-state index in [0.717, 1.165) is 30.6 Å². The van der Waals surface area contributed by atoms with Crippen LogP contribution in [0.15, 0.2) is 65.8 Å². The van der Waals surface area contributed by atoms with E-state index in [1.165, 1.54) is 14.1 Å². The Morgan fingerprint density at radius 3 is 1.56 bits per heavy atom. The van der Waals surface area contributed by atoms with E-state index in [0.29, 0.717) is 11.1 Å². The molecule has 2 aromatic rings. The van der Waals surface area contributed by atoms with E-state index in [1.54, 1.807) is 60.7 Å². The van der Waals surface area contributed by atoms with E-state index in [4.69, 9.17) is 33.2 Å². The van der Waals surface area contributed by atoms with Crippen molar-refractivity contribution in [1.29, 1.82) is 0 Å². The molecule has 1 aliphatic heterocycles. The minimum absolute atomic E-state index is 0.183. The Balaban J connectivity index is 1.70. The number of oxime groups is 1. The van der Waals surface area contributed by atoms with Gasteiger partial charge in [-0.1, -0.05) is 65.8 Å². The number of rotatable bonds is 12. The normalized spacial score (nSPS) is 28.3. The summed E-state index contributed by atoms with van der Waals surface area (Å²) in [5, 5.41) is 48.5. The number of ether oxygens (including phenoxy) is 7. The van der Waals surface area contributed by atoms with Crippen molar-refractivity contribution in [2.75, 3.05) is 20.7 Å². The van der Waals surface area contributed by atoms with Gasteiger partial charge in [-0.2, -0.15) is 0 Å². The first-order valence-electron chi connectivity index (χ1n) is 17.1. The van der Waals surface area contributed by atoms with Crippen LogP contribution < -0.4 is 0 Å². The third kappa shape index (κ3) is 10.7. The van der Waals surface area contributed by atoms with E-state index < -0.39 is 104 Å². The number of esters is 3. The lowest BCUT2D eigenvalue weighted by molar-refractivity contribution is -0.268. The summed E-state index contributed by atoms with van der Waals surface area (Å²) in [7, 11) is 2.41. The summed E-state index contributed by atoms with van der Waals surface area (Å²) in [6.07, 6.45) is -16.4. The molecule has 4 N–H and O–H groups in total. The molecular formula is C36H45N3O16. The molecule has 2 aliphatic rings. The van der Waals surface area contributed by atoms with Gasteiger partial charge >= 0.3 is 30.1 Å². The summed E-state index contributed by atoms with van der Waals surface area (Å²) in [4.78, 5) is 64.4. The third-order valence-corrected chi connectivity index (χ3v) is 8.89. The second-order valence-corrected chi connectivity index (χ2v) is 12.8. The zero-order valence-electron chi connectivity index (χ0n) is 30.7. The highest BCUT2D eigenvalue weighted by molar-refractivity contribution is 5.94. The third-order valence-electron chi connectivity index (χ3n) is 8.89. The molecule has 55 heavy (non-hydrogen) atoms. The van der Waals surface area contributed by atoms with Crippen molar-refractivity contribution in [2.45, 2.75) is 95.1 Å². The van der Waals surface area contributed by atoms with E-state index >= 15 is 0 Å². The maximum atomic E-state index is 13.4. The zero-order chi connectivity index (χ0) is 40.4. The quantitative estimate of drug-likeness (QED) is 0.100. The van der Waals surface area contributed by atoms with Crippen molar-refractivity contribution in [3.8, 4) is 0 Å². The fraction of sp³-hybridized carbons (Fsp3) is 0.500. The first-order valence-corrected chi connectivity index (χ1v) is 17.1. The highest BCUT2D eigenvalue weighted by atomic mass is 16.7. The van der Waals surface area contributed by atoms with Gasteiger partial charge in [-0.05, 0) is 11.1 Å². The molecule has 1 aliphatic carbocycles. The molecule has 4 rings (SSSR count). The molecule has 10 atom stereocenters. The van der Waals surface area contributed by atoms with Crippen molar-refractivity contribution in [3.63, 3.8) is 0 Å². The SMILES string of the molecule is CC(=O)OC[C@@H]1O[C@H](OC2[C@@H](O)[C@@H](N(C)C(=O)OCc3ccccc3)C(O)[C@@H](N(C)C(=O)OCc3ccccc3)[C@H]2O)C(=NO)[C@H](OC(C)=O)[C@H]1OC(C)=O. The Hall–Kier alpha value is -5.34. The summed E-state index contributed by atoms with van der Waals surface area (Å²) < 4.78 is 38.5. The molecular weight excluding hydrogens is 730 g/mol. The number of likely N-dealkylation sites (N-methyl/N-ethyl adjacent to an activating group) is 2. The van der Waals surface area contributed by atoms with Crippen LogP contribution >= 0.6 is 0 Å². The first kappa shape index (κ1) is 42.4. The molecule has 2 unspecified atom stereocenters. The lowest BCUT2D eigenvalue weighted by Crippen LogP contribution is -2.73. The number of amides is 2. The van der Waals surface area contributed by atoms with Crippen LogP contribution in [0.25, 0.3) is 0 Å². The van der Waals surface area contributed by atoms with Crippen LogP contribution in [-0.2, 0) is 60.8 Å². The van der Waals surface area contributed by atoms with Gasteiger partial charge in [-0.25, -0.2) is 9.59 Å². The summed E-state index contributed by atoms with van der Waals surface area (Å²) in [5.74, 6) is -2.57. The van der Waals surface area contributed by atoms with Gasteiger partial charge in [0.1, 0.15) is 50.3 Å². The number of carbonyl (C=O) groups is 5. The molecule has 0 radical (unpaired) electrons. The van der Waals surface area contributed by atoms with E-state index in [2.05, 4.69) is 5.16 Å². The van der Waals surface area contributed by atoms with Gasteiger partial charge in [0.05, 0.1) is 12.1 Å². The minimum Gasteiger partial charge on any atom is -0.463 e. The topological polar surface area (TPSA) is 250 Å². The summed E-state index contributed by atoms with van der Waals surface area (Å²) >= 11 is 0. The molecule has 2 aromatic carbocycles. The van der Waals surface area contributed by atoms with E-state index in [-0.39, 0.29) is 13.2 Å². The van der Waals surface area contributed by atoms with Gasteiger partial charge in [0.15, 0.2) is 17.9 Å². The Bertz CT molecular complexity index is 1590. The highest BCUT2D eigenvalue weighted by Crippen LogP contribution is 2.34. The second-order valence-electron chi connectivity index (χ2n) is 12.8. The standard InChI is InChI=1S/C36H45N3O16/c1-19(40)49-18-24-31(52-20(2)41)32(53-21(3)42)25(37-48)34(54-24)55-33-29(44)26(38(4)35(46)50-16-22-12-8-6-9-13-22)28(43)27(30(33)45)39(5)36(47)51-17-23-14-10-7-11-15-23/h6-15,24,26-34,43-45,48H,16-18H2,1-5H3/t24-,26-,27+,28?,29-,30+,31-,32-,33?,34+/m0/s1. The van der Waals surface area contributed by atoms with Crippen LogP contribution in [0.4, 0.5) is 9.59 Å². The fourth-order valence-corrected chi connectivity index (χ4v) is 6.28. The summed E-state index contributed by atoms with van der Waals surface area (Å²) in [6, 6.07) is 14.0. The second kappa shape index (κ2) is 19.3. The molecule has 19 heteroatoms. The van der Waals surface area contributed by atoms with Crippen molar-refractivity contribution in [3.05, 3.63) is 71.8 Å². The Morgan fingerprint density at radius 2 is 1.15 bits per heavy atom. The fourth-order valence-electron chi connectivity index (χ4n) is 6.28. The number of aliphatic hydroxyl groups is 3. The van der Waals surface area contributed by atoms with Crippen LogP contribution in [0.5, 0.6) is 0 Å². The Morgan fingerprint density at radius 1 is 0.673 bits per heavy atom. The number of nitrogens with zero attached hydrogens (tertiary/aromatic N) is 3. The van der Waals surface area contributed by atoms with Gasteiger partial charge in [0, 0.05) is 34.9 Å². The molecule has 0 spiro atoms. The van der Waals surface area contributed by atoms with Crippen LogP contribution in [-0.4, -0.2) is 148 Å². The number of hydrogen-bond donors (Lipinski definition) is 4. The van der Waals surface area contributed by atoms with Crippen molar-refractivity contribution < 1.29 is 77.7 Å². The van der Waals surface area contributed by atoms with Crippen LogP contribution in [0, 0.1) is 0 Å². The Labute approximate surface area is 315 Å². The summed E-state index contributed by atoms with van der Waals surface area (Å²) in [6.45, 7) is 2.17. The smallest absolute Gasteiger partial charge is 0.410 e. The lowest BCUT2D eigenvalue weighted by Gasteiger charge is -2.51. The Kier molecular flexibility index (Phi) is 14.9. The molecule has 300 valence electrons. The van der Waals surface area contributed by atoms with Crippen molar-refractivity contribution >= 4 is 35.8 Å². The average molecular weight is 776 g/mol. The number of hydrogen-bond acceptors (Lipinski definition) is 17. The van der Waals surface area contributed by atoms with E-state index in [1.807, 2.05) is 0 Å². The molecule has 1 saturated carbocycles. The number of benzene rings is 2. The van der Waals surface area contributed by atoms with Crippen molar-refractivity contribution in [1.82, 2.24) is 9.80 Å². The number of aliphatic hydroxyl groups excluding tert-OH is 3. The van der Waals surface area contributed by atoms with Crippen LogP contribution in [0.1, 0.15) is 31.9 Å². The number of carbonyl (C=O) groups excluding carboxylic acids is 5. The van der Waals surface area contributed by atoms with Crippen molar-refractivity contribution in [2.24, 2.45) is 5.16 Å².